The zero-order valence-electron chi connectivity index (χ0n) is 9.04. The summed E-state index contributed by atoms with van der Waals surface area (Å²) < 4.78 is 0. The number of alkyl halides is 1. The SMILES string of the molecule is CCC(C)=CC(=N)C(=NC(C)Br)C(=O)O. The van der Waals surface area contributed by atoms with Crippen molar-refractivity contribution in [1.82, 2.24) is 0 Å². The molecule has 4 nitrogen and oxygen atoms in total. The summed E-state index contributed by atoms with van der Waals surface area (Å²) in [5.74, 6) is -1.17. The second-order valence-electron chi connectivity index (χ2n) is 3.11. The Balaban J connectivity index is 4.97. The van der Waals surface area contributed by atoms with Gasteiger partial charge in [-0.05, 0) is 26.3 Å². The van der Waals surface area contributed by atoms with Gasteiger partial charge < -0.3 is 5.11 Å². The number of halogens is 1. The molecule has 0 spiro atoms. The molecular weight excluding hydrogens is 260 g/mol. The van der Waals surface area contributed by atoms with Crippen LogP contribution in [0.1, 0.15) is 27.2 Å². The Labute approximate surface area is 97.7 Å². The van der Waals surface area contributed by atoms with Gasteiger partial charge in [0.15, 0.2) is 5.71 Å². The summed E-state index contributed by atoms with van der Waals surface area (Å²) in [4.78, 5) is 14.3. The maximum Gasteiger partial charge on any atom is 0.356 e. The summed E-state index contributed by atoms with van der Waals surface area (Å²) in [6.07, 6.45) is 2.32. The Morgan fingerprint density at radius 2 is 2.20 bits per heavy atom. The Morgan fingerprint density at radius 1 is 1.67 bits per heavy atom. The molecular formula is C10H15BrN2O2. The quantitative estimate of drug-likeness (QED) is 0.460. The molecule has 0 aromatic rings. The molecule has 0 radical (unpaired) electrons. The van der Waals surface area contributed by atoms with Gasteiger partial charge in [-0.25, -0.2) is 4.79 Å². The highest BCUT2D eigenvalue weighted by Crippen LogP contribution is 2.03. The van der Waals surface area contributed by atoms with E-state index in [1.54, 1.807) is 6.92 Å². The largest absolute Gasteiger partial charge is 0.476 e. The normalized spacial score (nSPS) is 14.9. The van der Waals surface area contributed by atoms with Crippen molar-refractivity contribution < 1.29 is 9.90 Å². The molecule has 2 N–H and O–H groups in total. The van der Waals surface area contributed by atoms with E-state index in [9.17, 15) is 4.79 Å². The molecule has 5 heteroatoms. The van der Waals surface area contributed by atoms with E-state index in [2.05, 4.69) is 20.9 Å². The maximum absolute atomic E-state index is 10.8. The molecule has 0 aromatic heterocycles. The van der Waals surface area contributed by atoms with Crippen molar-refractivity contribution in [1.29, 1.82) is 5.41 Å². The molecule has 0 aliphatic carbocycles. The summed E-state index contributed by atoms with van der Waals surface area (Å²) in [5.41, 5.74) is 0.677. The predicted molar refractivity (Wildman–Crippen MR) is 65.2 cm³/mol. The van der Waals surface area contributed by atoms with Crippen LogP contribution in [-0.2, 0) is 4.79 Å². The number of allylic oxidation sites excluding steroid dienone is 2. The first kappa shape index (κ1) is 14.0. The fourth-order valence-corrected chi connectivity index (χ4v) is 1.04. The molecule has 0 aliphatic rings. The summed E-state index contributed by atoms with van der Waals surface area (Å²) in [6, 6.07) is 0. The molecule has 0 saturated carbocycles. The third-order valence-electron chi connectivity index (χ3n) is 1.71. The molecule has 1 unspecified atom stereocenters. The van der Waals surface area contributed by atoms with E-state index in [-0.39, 0.29) is 16.4 Å². The molecule has 0 rings (SSSR count). The van der Waals surface area contributed by atoms with Crippen LogP contribution in [0, 0.1) is 5.41 Å². The van der Waals surface area contributed by atoms with Crippen molar-refractivity contribution in [2.45, 2.75) is 32.1 Å². The minimum Gasteiger partial charge on any atom is -0.476 e. The van der Waals surface area contributed by atoms with Crippen molar-refractivity contribution in [2.24, 2.45) is 4.99 Å². The molecule has 0 fully saturated rings. The number of hydrogen-bond acceptors (Lipinski definition) is 3. The standard InChI is InChI=1S/C10H15BrN2O2/c1-4-6(2)5-8(12)9(10(14)15)13-7(3)11/h5,7,12H,4H2,1-3H3,(H,14,15). The number of carboxylic acid groups (broad SMARTS) is 1. The number of aliphatic imine (C=N–C) groups is 1. The van der Waals surface area contributed by atoms with Gasteiger partial charge in [-0.3, -0.25) is 10.4 Å². The lowest BCUT2D eigenvalue weighted by Gasteiger charge is -2.02. The molecule has 0 saturated heterocycles. The summed E-state index contributed by atoms with van der Waals surface area (Å²) in [5, 5.41) is 16.5. The third-order valence-corrected chi connectivity index (χ3v) is 1.92. The molecule has 0 amide bonds. The number of aliphatic carboxylic acids is 1. The average Bonchev–Trinajstić information content (AvgIpc) is 2.12. The second-order valence-corrected chi connectivity index (χ2v) is 4.44. The number of rotatable bonds is 5. The molecule has 0 bridgehead atoms. The number of nitrogens with zero attached hydrogens (tertiary/aromatic N) is 1. The number of nitrogens with one attached hydrogen (secondary N) is 1. The highest BCUT2D eigenvalue weighted by molar-refractivity contribution is 9.09. The lowest BCUT2D eigenvalue weighted by Crippen LogP contribution is -2.23. The van der Waals surface area contributed by atoms with Gasteiger partial charge in [0.2, 0.25) is 0 Å². The minimum atomic E-state index is -1.17. The Bertz CT molecular complexity index is 319. The van der Waals surface area contributed by atoms with E-state index < -0.39 is 5.97 Å². The summed E-state index contributed by atoms with van der Waals surface area (Å²) >= 11 is 3.13. The van der Waals surface area contributed by atoms with Crippen LogP contribution in [0.4, 0.5) is 0 Å². The summed E-state index contributed by atoms with van der Waals surface area (Å²) in [6.45, 7) is 5.50. The van der Waals surface area contributed by atoms with Crippen LogP contribution in [0.5, 0.6) is 0 Å². The van der Waals surface area contributed by atoms with Crippen molar-refractivity contribution in [3.05, 3.63) is 11.6 Å². The van der Waals surface area contributed by atoms with Crippen LogP contribution in [0.15, 0.2) is 16.6 Å². The molecule has 84 valence electrons. The number of carbonyl (C=O) groups is 1. The number of carboxylic acids is 1. The van der Waals surface area contributed by atoms with Crippen molar-refractivity contribution in [3.63, 3.8) is 0 Å². The molecule has 0 aromatic carbocycles. The van der Waals surface area contributed by atoms with Gasteiger partial charge in [-0.2, -0.15) is 0 Å². The van der Waals surface area contributed by atoms with Gasteiger partial charge in [0.1, 0.15) is 4.95 Å². The lowest BCUT2D eigenvalue weighted by atomic mass is 10.1. The monoisotopic (exact) mass is 274 g/mol. The Morgan fingerprint density at radius 3 is 2.53 bits per heavy atom. The van der Waals surface area contributed by atoms with Gasteiger partial charge in [-0.1, -0.05) is 28.4 Å². The van der Waals surface area contributed by atoms with E-state index in [0.29, 0.717) is 0 Å². The van der Waals surface area contributed by atoms with Crippen LogP contribution < -0.4 is 0 Å². The molecule has 0 aliphatic heterocycles. The highest BCUT2D eigenvalue weighted by Gasteiger charge is 2.14. The third kappa shape index (κ3) is 5.47. The first-order valence-electron chi connectivity index (χ1n) is 4.59. The van der Waals surface area contributed by atoms with Crippen molar-refractivity contribution in [3.8, 4) is 0 Å². The smallest absolute Gasteiger partial charge is 0.356 e. The van der Waals surface area contributed by atoms with Crippen LogP contribution in [0.3, 0.4) is 0 Å². The van der Waals surface area contributed by atoms with Gasteiger partial charge in [0.05, 0.1) is 5.71 Å². The predicted octanol–water partition coefficient (Wildman–Crippen LogP) is 2.63. The lowest BCUT2D eigenvalue weighted by molar-refractivity contribution is -0.129. The van der Waals surface area contributed by atoms with Gasteiger partial charge in [0, 0.05) is 0 Å². The van der Waals surface area contributed by atoms with Crippen LogP contribution in [0.25, 0.3) is 0 Å². The molecule has 0 heterocycles. The van der Waals surface area contributed by atoms with Crippen molar-refractivity contribution >= 4 is 33.3 Å². The molecule has 15 heavy (non-hydrogen) atoms. The van der Waals surface area contributed by atoms with E-state index >= 15 is 0 Å². The minimum absolute atomic E-state index is 0.0619. The fourth-order valence-electron chi connectivity index (χ4n) is 0.835. The van der Waals surface area contributed by atoms with E-state index in [1.807, 2.05) is 13.8 Å². The molecule has 1 atom stereocenters. The van der Waals surface area contributed by atoms with Gasteiger partial charge in [0.25, 0.3) is 0 Å². The topological polar surface area (TPSA) is 73.5 Å². The zero-order chi connectivity index (χ0) is 12.0. The average molecular weight is 275 g/mol. The van der Waals surface area contributed by atoms with E-state index in [1.165, 1.54) is 6.08 Å². The first-order valence-corrected chi connectivity index (χ1v) is 5.51. The van der Waals surface area contributed by atoms with Crippen LogP contribution in [-0.4, -0.2) is 27.5 Å². The van der Waals surface area contributed by atoms with Crippen molar-refractivity contribution in [2.75, 3.05) is 0 Å². The van der Waals surface area contributed by atoms with Gasteiger partial charge >= 0.3 is 5.97 Å². The van der Waals surface area contributed by atoms with Gasteiger partial charge in [-0.15, -0.1) is 0 Å². The van der Waals surface area contributed by atoms with Crippen LogP contribution >= 0.6 is 15.9 Å². The second kappa shape index (κ2) is 6.50. The first-order chi connectivity index (χ1) is 6.88. The van der Waals surface area contributed by atoms with Crippen LogP contribution in [0.2, 0.25) is 0 Å². The summed E-state index contributed by atoms with van der Waals surface area (Å²) in [7, 11) is 0. The Hall–Kier alpha value is -0.970. The highest BCUT2D eigenvalue weighted by atomic mass is 79.9. The zero-order valence-corrected chi connectivity index (χ0v) is 10.6. The number of hydrogen-bond donors (Lipinski definition) is 2. The fraction of sp³-hybridized carbons (Fsp3) is 0.500. The Kier molecular flexibility index (Phi) is 6.08. The maximum atomic E-state index is 10.8. The van der Waals surface area contributed by atoms with E-state index in [4.69, 9.17) is 10.5 Å². The van der Waals surface area contributed by atoms with E-state index in [0.717, 1.165) is 12.0 Å².